The first-order valence-electron chi connectivity index (χ1n) is 14.6. The Kier molecular flexibility index (Phi) is 9.70. The van der Waals surface area contributed by atoms with Crippen molar-refractivity contribution in [2.45, 2.75) is 49.0 Å². The van der Waals surface area contributed by atoms with Gasteiger partial charge < -0.3 is 44.8 Å². The van der Waals surface area contributed by atoms with Crippen molar-refractivity contribution in [1.29, 1.82) is 0 Å². The minimum absolute atomic E-state index is 0.355. The van der Waals surface area contributed by atoms with Crippen LogP contribution in [0.2, 0.25) is 0 Å². The Balaban J connectivity index is 1.23. The van der Waals surface area contributed by atoms with Crippen molar-refractivity contribution in [3.63, 3.8) is 0 Å². The summed E-state index contributed by atoms with van der Waals surface area (Å²) in [5.41, 5.74) is 1.55. The maximum atomic E-state index is 12.1. The quantitative estimate of drug-likeness (QED) is 0.0715. The highest BCUT2D eigenvalue weighted by Gasteiger charge is 2.50. The average Bonchev–Trinajstić information content (AvgIpc) is 3.82. The predicted molar refractivity (Wildman–Crippen MR) is 177 cm³/mol. The minimum atomic E-state index is -3.92. The Bertz CT molecular complexity index is 1900. The highest BCUT2D eigenvalue weighted by atomic mass is 32.7. The standard InChI is InChI=1S/C24H30N12O8P2S2/c37-5-11-14-18(39)24(43-11)36-10-32-16-20(28-8-30-22(16)36)26-4-2-1-3-25-19-15-21(29-7-27-19)35(9-31-15)23-17(38)13(33-45(40)47)12(44-23)6-42-46(41,48)34-14/h1-2,7-14,17-18,23-24,37-39H,3-6H2,(H5-,25,26,27,28,29,30,33,34,40,41,47,48)/p+1/b2-1+/t11-,12-,13-,14?,17-,18-,23?,24-,46?/m1/s1. The van der Waals surface area contributed by atoms with E-state index in [1.165, 1.54) is 34.4 Å². The van der Waals surface area contributed by atoms with Gasteiger partial charge in [0.1, 0.15) is 55.4 Å². The molecule has 256 valence electrons. The van der Waals surface area contributed by atoms with Gasteiger partial charge in [-0.05, 0) is 16.4 Å². The molecule has 2 saturated heterocycles. The van der Waals surface area contributed by atoms with Gasteiger partial charge in [0.25, 0.3) is 6.64 Å². The molecule has 2 fully saturated rings. The summed E-state index contributed by atoms with van der Waals surface area (Å²) in [5.74, 6) is 0.893. The van der Waals surface area contributed by atoms with E-state index in [0.29, 0.717) is 47.1 Å². The Morgan fingerprint density at radius 1 is 0.958 bits per heavy atom. The summed E-state index contributed by atoms with van der Waals surface area (Å²) >= 11 is 9.33. The second-order valence-electron chi connectivity index (χ2n) is 11.0. The number of nitrogens with one attached hydrogen (secondary N) is 4. The number of anilines is 2. The first-order chi connectivity index (χ1) is 23.1. The topological polar surface area (TPSA) is 261 Å². The number of ether oxygens (including phenoxy) is 2. The number of aliphatic hydroxyl groups excluding tert-OH is 3. The van der Waals surface area contributed by atoms with E-state index < -0.39 is 69.4 Å². The lowest BCUT2D eigenvalue weighted by atomic mass is 10.1. The third-order valence-electron chi connectivity index (χ3n) is 8.12. The van der Waals surface area contributed by atoms with Crippen LogP contribution in [-0.2, 0) is 30.4 Å². The molecule has 7 rings (SSSR count). The van der Waals surface area contributed by atoms with Crippen molar-refractivity contribution in [2.75, 3.05) is 36.9 Å². The van der Waals surface area contributed by atoms with Gasteiger partial charge in [-0.1, -0.05) is 17.2 Å². The van der Waals surface area contributed by atoms with Crippen LogP contribution >= 0.6 is 26.0 Å². The first-order valence-corrected chi connectivity index (χ1v) is 19.7. The molecule has 3 aliphatic heterocycles. The molecule has 0 amide bonds. The molecule has 24 heteroatoms. The van der Waals surface area contributed by atoms with Crippen molar-refractivity contribution in [3.8, 4) is 0 Å². The molecular formula is C24H31N12O8P2S2+. The zero-order valence-corrected chi connectivity index (χ0v) is 28.2. The normalized spacial score (nSPS) is 33.8. The van der Waals surface area contributed by atoms with E-state index in [4.69, 9.17) is 25.8 Å². The summed E-state index contributed by atoms with van der Waals surface area (Å²) in [6.07, 6.45) is 2.55. The van der Waals surface area contributed by atoms with Crippen molar-refractivity contribution >= 4 is 71.8 Å². The van der Waals surface area contributed by atoms with Gasteiger partial charge in [0.05, 0.1) is 31.9 Å². The number of rotatable bonds is 3. The van der Waals surface area contributed by atoms with Crippen molar-refractivity contribution in [3.05, 3.63) is 37.5 Å². The number of hydrogen-bond acceptors (Lipinski definition) is 16. The second-order valence-corrected chi connectivity index (χ2v) is 16.0. The summed E-state index contributed by atoms with van der Waals surface area (Å²) in [6.45, 7) is -4.04. The zero-order chi connectivity index (χ0) is 33.6. The number of thiol groups is 1. The SMILES string of the molecule is O=[P+](S)N[C@@H]1[C@H]2COP(O)(=S)NC3[C@@H](O)[C@@H](O[C@@H]3CO)n3cnc4c(ncnc43)NC/C=C/CNc3ncnc4c3ncn4C(O2)[C@@H]1O. The molecule has 0 saturated carbocycles. The molecule has 0 spiro atoms. The number of hydrogen-bond donors (Lipinski definition) is 9. The maximum Gasteiger partial charge on any atom is 0.504 e. The van der Waals surface area contributed by atoms with E-state index in [1.807, 2.05) is 12.2 Å². The van der Waals surface area contributed by atoms with E-state index in [9.17, 15) is 24.8 Å². The van der Waals surface area contributed by atoms with Crippen LogP contribution in [0, 0.1) is 0 Å². The largest absolute Gasteiger partial charge is 0.504 e. The summed E-state index contributed by atoms with van der Waals surface area (Å²) in [5, 5.41) is 44.6. The lowest BCUT2D eigenvalue weighted by Crippen LogP contribution is -2.45. The highest BCUT2D eigenvalue weighted by molar-refractivity contribution is 8.40. The molecule has 0 aromatic carbocycles. The summed E-state index contributed by atoms with van der Waals surface area (Å²) in [7, 11) is -2.25. The van der Waals surface area contributed by atoms with Gasteiger partial charge in [-0.2, -0.15) is 0 Å². The zero-order valence-electron chi connectivity index (χ0n) is 24.7. The molecule has 0 aliphatic carbocycles. The molecular weight excluding hydrogens is 710 g/mol. The maximum absolute atomic E-state index is 12.1. The van der Waals surface area contributed by atoms with Crippen LogP contribution in [0.15, 0.2) is 37.5 Å². The highest BCUT2D eigenvalue weighted by Crippen LogP contribution is 2.44. The Hall–Kier alpha value is -2.82. The van der Waals surface area contributed by atoms with Crippen molar-refractivity contribution in [1.82, 2.24) is 49.2 Å². The predicted octanol–water partition coefficient (Wildman–Crippen LogP) is -0.694. The Morgan fingerprint density at radius 3 is 2.10 bits per heavy atom. The van der Waals surface area contributed by atoms with E-state index in [1.54, 1.807) is 0 Å². The Morgan fingerprint density at radius 2 is 1.54 bits per heavy atom. The summed E-state index contributed by atoms with van der Waals surface area (Å²) in [4.78, 5) is 37.3. The third kappa shape index (κ3) is 6.44. The molecule has 20 nitrogen and oxygen atoms in total. The Labute approximate surface area is 282 Å². The van der Waals surface area contributed by atoms with Crippen LogP contribution in [-0.4, -0.2) is 122 Å². The van der Waals surface area contributed by atoms with Gasteiger partial charge in [-0.25, -0.2) is 35.0 Å². The van der Waals surface area contributed by atoms with E-state index in [0.717, 1.165) is 0 Å². The van der Waals surface area contributed by atoms with Gasteiger partial charge in [0.15, 0.2) is 46.4 Å². The van der Waals surface area contributed by atoms with Crippen LogP contribution in [0.5, 0.6) is 0 Å². The van der Waals surface area contributed by atoms with Crippen LogP contribution in [0.1, 0.15) is 12.5 Å². The smallest absolute Gasteiger partial charge is 0.394 e. The van der Waals surface area contributed by atoms with Gasteiger partial charge in [0, 0.05) is 13.1 Å². The fourth-order valence-corrected chi connectivity index (χ4v) is 8.54. The van der Waals surface area contributed by atoms with E-state index in [2.05, 4.69) is 63.0 Å². The second kappa shape index (κ2) is 13.8. The summed E-state index contributed by atoms with van der Waals surface area (Å²) < 4.78 is 33.0. The van der Waals surface area contributed by atoms with Crippen molar-refractivity contribution < 1.29 is 38.8 Å². The van der Waals surface area contributed by atoms with Gasteiger partial charge in [-0.15, -0.1) is 0 Å². The van der Waals surface area contributed by atoms with Crippen LogP contribution < -0.4 is 20.8 Å². The number of fused-ring (bicyclic) bond motifs is 6. The lowest BCUT2D eigenvalue weighted by Gasteiger charge is -2.27. The molecule has 8 N–H and O–H groups in total. The van der Waals surface area contributed by atoms with Crippen molar-refractivity contribution in [2.24, 2.45) is 0 Å². The summed E-state index contributed by atoms with van der Waals surface area (Å²) in [6, 6.07) is -2.06. The monoisotopic (exact) mass is 741 g/mol. The molecule has 3 aliphatic rings. The van der Waals surface area contributed by atoms with E-state index >= 15 is 0 Å². The molecule has 0 radical (unpaired) electrons. The number of aliphatic hydroxyl groups is 3. The minimum Gasteiger partial charge on any atom is -0.394 e. The molecule has 48 heavy (non-hydrogen) atoms. The van der Waals surface area contributed by atoms with E-state index in [-0.39, 0.29) is 6.61 Å². The van der Waals surface area contributed by atoms with Gasteiger partial charge in [-0.3, -0.25) is 9.13 Å². The third-order valence-corrected chi connectivity index (χ3v) is 10.7. The molecule has 7 heterocycles. The average molecular weight is 742 g/mol. The molecule has 12 bridgehead atoms. The van der Waals surface area contributed by atoms with Crippen LogP contribution in [0.25, 0.3) is 22.3 Å². The number of aromatic nitrogens is 8. The van der Waals surface area contributed by atoms with Crippen LogP contribution in [0.4, 0.5) is 11.6 Å². The van der Waals surface area contributed by atoms with Gasteiger partial charge in [0.2, 0.25) is 0 Å². The molecule has 4 aromatic heterocycles. The van der Waals surface area contributed by atoms with Crippen LogP contribution in [0.3, 0.4) is 0 Å². The fraction of sp³-hybridized carbons (Fsp3) is 0.500. The fourth-order valence-electron chi connectivity index (χ4n) is 5.90. The molecule has 10 atom stereocenters. The number of imidazole rings is 2. The lowest BCUT2D eigenvalue weighted by molar-refractivity contribution is -0.0490. The van der Waals surface area contributed by atoms with Gasteiger partial charge >= 0.3 is 7.15 Å². The number of nitrogens with zero attached hydrogens (tertiary/aromatic N) is 8. The molecule has 4 unspecified atom stereocenters. The molecule has 4 aromatic rings. The first kappa shape index (κ1) is 33.7.